The number of carbonyl (C=O) groups excluding carboxylic acids is 3. The van der Waals surface area contributed by atoms with Crippen molar-refractivity contribution in [1.82, 2.24) is 20.5 Å². The largest absolute Gasteiger partial charge is 0.391 e. The summed E-state index contributed by atoms with van der Waals surface area (Å²) in [6, 6.07) is 4.67. The number of rotatable bonds is 8. The Morgan fingerprint density at radius 2 is 1.97 bits per heavy atom. The number of thiazole rings is 1. The van der Waals surface area contributed by atoms with Gasteiger partial charge in [0.1, 0.15) is 12.1 Å². The summed E-state index contributed by atoms with van der Waals surface area (Å²) in [5, 5.41) is 16.0. The highest BCUT2D eigenvalue weighted by Gasteiger charge is 2.44. The van der Waals surface area contributed by atoms with Crippen LogP contribution in [0, 0.1) is 12.3 Å². The Kier molecular flexibility index (Phi) is 8.89. The molecule has 1 saturated heterocycles. The van der Waals surface area contributed by atoms with Gasteiger partial charge in [-0.25, -0.2) is 4.98 Å². The van der Waals surface area contributed by atoms with E-state index in [1.54, 1.807) is 11.3 Å². The number of likely N-dealkylation sites (tertiary alicyclic amines) is 1. The third kappa shape index (κ3) is 6.50. The van der Waals surface area contributed by atoms with Gasteiger partial charge in [-0.15, -0.1) is 11.3 Å². The van der Waals surface area contributed by atoms with E-state index in [1.807, 2.05) is 39.3 Å². The number of hydrogen-bond donors (Lipinski definition) is 3. The molecule has 0 saturated carbocycles. The lowest BCUT2D eigenvalue weighted by molar-refractivity contribution is -0.143. The van der Waals surface area contributed by atoms with Gasteiger partial charge in [0.05, 0.1) is 22.2 Å². The molecule has 3 N–H and O–H groups in total. The normalized spacial score (nSPS) is 18.7. The van der Waals surface area contributed by atoms with E-state index < -0.39 is 23.6 Å². The summed E-state index contributed by atoms with van der Waals surface area (Å²) >= 11 is 1.61. The minimum absolute atomic E-state index is 0.0626. The van der Waals surface area contributed by atoms with Gasteiger partial charge in [-0.3, -0.25) is 14.4 Å². The van der Waals surface area contributed by atoms with Gasteiger partial charge < -0.3 is 20.6 Å². The van der Waals surface area contributed by atoms with E-state index >= 15 is 0 Å². The molecular weight excluding hydrogens is 476 g/mol. The Hall–Kier alpha value is -2.78. The van der Waals surface area contributed by atoms with E-state index in [4.69, 9.17) is 0 Å². The number of aliphatic hydroxyl groups is 1. The van der Waals surface area contributed by atoms with Crippen molar-refractivity contribution >= 4 is 29.1 Å². The summed E-state index contributed by atoms with van der Waals surface area (Å²) in [6.45, 7) is 11.5. The van der Waals surface area contributed by atoms with Crippen LogP contribution in [0.15, 0.2) is 23.7 Å². The number of amides is 3. The number of nitrogens with zero attached hydrogens (tertiary/aromatic N) is 2. The lowest BCUT2D eigenvalue weighted by Gasteiger charge is -2.35. The highest BCUT2D eigenvalue weighted by Crippen LogP contribution is 2.30. The molecule has 1 aromatic heterocycles. The Morgan fingerprint density at radius 1 is 1.25 bits per heavy atom. The van der Waals surface area contributed by atoms with E-state index in [0.29, 0.717) is 6.54 Å². The van der Waals surface area contributed by atoms with Crippen LogP contribution >= 0.6 is 11.3 Å². The predicted octanol–water partition coefficient (Wildman–Crippen LogP) is 3.20. The van der Waals surface area contributed by atoms with E-state index in [1.165, 1.54) is 17.4 Å². The van der Waals surface area contributed by atoms with Gasteiger partial charge in [0.15, 0.2) is 0 Å². The quantitative estimate of drug-likeness (QED) is 0.501. The lowest BCUT2D eigenvalue weighted by Crippen LogP contribution is -2.57. The first-order valence-corrected chi connectivity index (χ1v) is 13.4. The second-order valence-electron chi connectivity index (χ2n) is 10.6. The van der Waals surface area contributed by atoms with Crippen LogP contribution in [0.5, 0.6) is 0 Å². The van der Waals surface area contributed by atoms with Gasteiger partial charge >= 0.3 is 0 Å². The fourth-order valence-corrected chi connectivity index (χ4v) is 5.45. The van der Waals surface area contributed by atoms with Gasteiger partial charge in [0.25, 0.3) is 0 Å². The van der Waals surface area contributed by atoms with Crippen LogP contribution in [-0.2, 0) is 27.3 Å². The second-order valence-corrected chi connectivity index (χ2v) is 11.5. The number of hydrogen-bond acceptors (Lipinski definition) is 6. The van der Waals surface area contributed by atoms with Gasteiger partial charge in [0.2, 0.25) is 17.7 Å². The van der Waals surface area contributed by atoms with Gasteiger partial charge in [-0.2, -0.15) is 0 Å². The predicted molar refractivity (Wildman–Crippen MR) is 141 cm³/mol. The standard InChI is InChI=1S/C27H38N4O4S/c1-7-8-18-11-19(23-16(2)29-15-36-23)9-10-20(18)13-28-25(34)22-12-21(33)14-31(22)26(35)24(27(4,5)6)30-17(3)32/h9-11,15,21-22,24,33H,7-8,12-14H2,1-6H3,(H,28,34)(H,30,32). The molecule has 3 rings (SSSR count). The topological polar surface area (TPSA) is 112 Å². The minimum Gasteiger partial charge on any atom is -0.391 e. The first kappa shape index (κ1) is 27.8. The third-order valence-electron chi connectivity index (χ3n) is 6.51. The van der Waals surface area contributed by atoms with Crippen LogP contribution in [0.1, 0.15) is 64.3 Å². The lowest BCUT2D eigenvalue weighted by atomic mass is 9.85. The number of nitrogens with one attached hydrogen (secondary N) is 2. The first-order chi connectivity index (χ1) is 16.9. The Bertz CT molecular complexity index is 1110. The van der Waals surface area contributed by atoms with E-state index in [0.717, 1.165) is 34.5 Å². The summed E-state index contributed by atoms with van der Waals surface area (Å²) in [5.41, 5.74) is 5.61. The summed E-state index contributed by atoms with van der Waals surface area (Å²) in [5.74, 6) is -0.977. The Balaban J connectivity index is 1.76. The minimum atomic E-state index is -0.797. The average molecular weight is 515 g/mol. The van der Waals surface area contributed by atoms with Crippen molar-refractivity contribution in [2.24, 2.45) is 5.41 Å². The number of benzene rings is 1. The van der Waals surface area contributed by atoms with Crippen LogP contribution < -0.4 is 10.6 Å². The zero-order valence-electron chi connectivity index (χ0n) is 22.1. The SMILES string of the molecule is CCCc1cc(-c2scnc2C)ccc1CNC(=O)C1CC(O)CN1C(=O)C(NC(C)=O)C(C)(C)C. The van der Waals surface area contributed by atoms with Crippen molar-refractivity contribution in [1.29, 1.82) is 0 Å². The molecule has 2 aromatic rings. The maximum atomic E-state index is 13.4. The number of β-amino-alcohol motifs (C(OH)–C–C–N with tert-alkyl or cyclic N) is 1. The first-order valence-electron chi connectivity index (χ1n) is 12.5. The van der Waals surface area contributed by atoms with Crippen molar-refractivity contribution in [2.75, 3.05) is 6.54 Å². The van der Waals surface area contributed by atoms with Crippen LogP contribution in [0.3, 0.4) is 0 Å². The zero-order chi connectivity index (χ0) is 26.6. The molecule has 3 amide bonds. The zero-order valence-corrected chi connectivity index (χ0v) is 22.9. The molecule has 9 heteroatoms. The highest BCUT2D eigenvalue weighted by atomic mass is 32.1. The molecule has 36 heavy (non-hydrogen) atoms. The Morgan fingerprint density at radius 3 is 2.56 bits per heavy atom. The molecule has 0 radical (unpaired) electrons. The van der Waals surface area contributed by atoms with E-state index in [-0.39, 0.29) is 30.7 Å². The number of carbonyl (C=O) groups is 3. The monoisotopic (exact) mass is 514 g/mol. The second kappa shape index (κ2) is 11.5. The molecule has 3 atom stereocenters. The number of aryl methyl sites for hydroxylation is 2. The van der Waals surface area contributed by atoms with Crippen LogP contribution in [0.4, 0.5) is 0 Å². The third-order valence-corrected chi connectivity index (χ3v) is 7.49. The molecule has 0 aliphatic carbocycles. The van der Waals surface area contributed by atoms with Gasteiger partial charge in [-0.1, -0.05) is 46.2 Å². The number of aromatic nitrogens is 1. The van der Waals surface area contributed by atoms with Crippen LogP contribution in [0.25, 0.3) is 10.4 Å². The van der Waals surface area contributed by atoms with E-state index in [2.05, 4.69) is 34.7 Å². The molecule has 0 spiro atoms. The van der Waals surface area contributed by atoms with E-state index in [9.17, 15) is 19.5 Å². The molecule has 1 aliphatic heterocycles. The van der Waals surface area contributed by atoms with Crippen molar-refractivity contribution in [2.45, 2.75) is 85.5 Å². The molecule has 2 heterocycles. The fraction of sp³-hybridized carbons (Fsp3) is 0.556. The summed E-state index contributed by atoms with van der Waals surface area (Å²) in [7, 11) is 0. The Labute approximate surface area is 217 Å². The van der Waals surface area contributed by atoms with Crippen molar-refractivity contribution in [3.05, 3.63) is 40.5 Å². The molecule has 1 fully saturated rings. The van der Waals surface area contributed by atoms with Crippen LogP contribution in [0.2, 0.25) is 0 Å². The summed E-state index contributed by atoms with van der Waals surface area (Å²) in [4.78, 5) is 45.3. The molecule has 8 nitrogen and oxygen atoms in total. The molecule has 196 valence electrons. The molecule has 0 bridgehead atoms. The average Bonchev–Trinajstić information content (AvgIpc) is 3.40. The fourth-order valence-electron chi connectivity index (χ4n) is 4.64. The maximum Gasteiger partial charge on any atom is 0.246 e. The number of aliphatic hydroxyl groups excluding tert-OH is 1. The summed E-state index contributed by atoms with van der Waals surface area (Å²) in [6.07, 6.45) is 1.23. The molecule has 1 aliphatic rings. The van der Waals surface area contributed by atoms with Crippen molar-refractivity contribution in [3.63, 3.8) is 0 Å². The molecule has 1 aromatic carbocycles. The van der Waals surface area contributed by atoms with Gasteiger partial charge in [0, 0.05) is 26.4 Å². The summed E-state index contributed by atoms with van der Waals surface area (Å²) < 4.78 is 0. The smallest absolute Gasteiger partial charge is 0.246 e. The van der Waals surface area contributed by atoms with Crippen LogP contribution in [-0.4, -0.2) is 57.4 Å². The van der Waals surface area contributed by atoms with Crippen molar-refractivity contribution in [3.8, 4) is 10.4 Å². The molecular formula is C27H38N4O4S. The maximum absolute atomic E-state index is 13.4. The highest BCUT2D eigenvalue weighted by molar-refractivity contribution is 7.13. The molecule has 3 unspecified atom stereocenters. The van der Waals surface area contributed by atoms with Crippen molar-refractivity contribution < 1.29 is 19.5 Å². The van der Waals surface area contributed by atoms with Gasteiger partial charge in [-0.05, 0) is 41.5 Å².